The fourth-order valence-electron chi connectivity index (χ4n) is 4.20. The van der Waals surface area contributed by atoms with E-state index in [1.807, 2.05) is 12.1 Å². The third-order valence-electron chi connectivity index (χ3n) is 6.46. The van der Waals surface area contributed by atoms with E-state index >= 15 is 0 Å². The maximum absolute atomic E-state index is 13.6. The molecule has 0 aromatic heterocycles. The molecule has 9 heteroatoms. The van der Waals surface area contributed by atoms with Crippen LogP contribution in [0.2, 0.25) is 5.02 Å². The van der Waals surface area contributed by atoms with Crippen molar-refractivity contribution in [3.05, 3.63) is 119 Å². The zero-order valence-electron chi connectivity index (χ0n) is 23.2. The molecule has 0 bridgehead atoms. The van der Waals surface area contributed by atoms with E-state index in [9.17, 15) is 18.0 Å². The third kappa shape index (κ3) is 6.96. The zero-order chi connectivity index (χ0) is 29.8. The molecule has 0 aliphatic heterocycles. The van der Waals surface area contributed by atoms with E-state index in [-0.39, 0.29) is 26.8 Å². The number of rotatable bonds is 9. The van der Waals surface area contributed by atoms with Gasteiger partial charge in [-0.25, -0.2) is 8.42 Å². The first-order valence-electron chi connectivity index (χ1n) is 12.9. The number of hydrogen-bond acceptors (Lipinski definition) is 5. The molecular weight excluding hydrogens is 560 g/mol. The number of methoxy groups -OCH3 is 1. The van der Waals surface area contributed by atoms with Crippen molar-refractivity contribution >= 4 is 44.7 Å². The highest BCUT2D eigenvalue weighted by atomic mass is 35.5. The summed E-state index contributed by atoms with van der Waals surface area (Å²) in [5, 5.41) is 2.92. The quantitative estimate of drug-likeness (QED) is 0.219. The summed E-state index contributed by atoms with van der Waals surface area (Å²) >= 11 is 6.29. The van der Waals surface area contributed by atoms with Gasteiger partial charge >= 0.3 is 0 Å². The van der Waals surface area contributed by atoms with Gasteiger partial charge in [0.2, 0.25) is 5.91 Å². The van der Waals surface area contributed by atoms with Crippen LogP contribution in [0.3, 0.4) is 0 Å². The van der Waals surface area contributed by atoms with Crippen LogP contribution in [0.1, 0.15) is 42.3 Å². The van der Waals surface area contributed by atoms with Crippen molar-refractivity contribution in [2.24, 2.45) is 0 Å². The lowest BCUT2D eigenvalue weighted by Gasteiger charge is -2.24. The van der Waals surface area contributed by atoms with Crippen molar-refractivity contribution in [1.82, 2.24) is 0 Å². The van der Waals surface area contributed by atoms with Gasteiger partial charge in [0, 0.05) is 16.8 Å². The summed E-state index contributed by atoms with van der Waals surface area (Å²) in [6, 6.07) is 26.3. The maximum Gasteiger partial charge on any atom is 0.264 e. The van der Waals surface area contributed by atoms with Crippen molar-refractivity contribution in [1.29, 1.82) is 0 Å². The van der Waals surface area contributed by atoms with E-state index in [1.165, 1.54) is 37.4 Å². The van der Waals surface area contributed by atoms with Crippen molar-refractivity contribution in [3.8, 4) is 5.75 Å². The van der Waals surface area contributed by atoms with Gasteiger partial charge < -0.3 is 10.1 Å². The highest BCUT2D eigenvalue weighted by Gasteiger charge is 2.28. The van der Waals surface area contributed by atoms with Crippen LogP contribution in [0.4, 0.5) is 11.4 Å². The van der Waals surface area contributed by atoms with E-state index in [0.29, 0.717) is 22.6 Å². The van der Waals surface area contributed by atoms with Crippen LogP contribution >= 0.6 is 11.6 Å². The van der Waals surface area contributed by atoms with Gasteiger partial charge in [-0.05, 0) is 53.4 Å². The summed E-state index contributed by atoms with van der Waals surface area (Å²) in [5.74, 6) is -0.426. The molecular formula is C32H31ClN2O5S. The van der Waals surface area contributed by atoms with Crippen molar-refractivity contribution in [2.45, 2.75) is 31.1 Å². The minimum Gasteiger partial charge on any atom is -0.495 e. The van der Waals surface area contributed by atoms with Gasteiger partial charge in [-0.15, -0.1) is 0 Å². The number of halogens is 1. The summed E-state index contributed by atoms with van der Waals surface area (Å²) in [6.45, 7) is 5.77. The second-order valence-electron chi connectivity index (χ2n) is 10.4. The Morgan fingerprint density at radius 3 is 2.15 bits per heavy atom. The number of ketones is 1. The molecule has 212 valence electrons. The van der Waals surface area contributed by atoms with Crippen LogP contribution in [0.5, 0.6) is 5.75 Å². The van der Waals surface area contributed by atoms with Crippen LogP contribution in [0, 0.1) is 0 Å². The topological polar surface area (TPSA) is 92.8 Å². The molecule has 0 heterocycles. The smallest absolute Gasteiger partial charge is 0.264 e. The lowest BCUT2D eigenvalue weighted by molar-refractivity contribution is -0.114. The summed E-state index contributed by atoms with van der Waals surface area (Å²) in [6.07, 6.45) is 0. The molecule has 0 unspecified atom stereocenters. The molecule has 1 N–H and O–H groups in total. The third-order valence-corrected chi connectivity index (χ3v) is 8.55. The van der Waals surface area contributed by atoms with Gasteiger partial charge in [0.15, 0.2) is 5.78 Å². The summed E-state index contributed by atoms with van der Waals surface area (Å²) in [4.78, 5) is 26.4. The predicted molar refractivity (Wildman–Crippen MR) is 163 cm³/mol. The molecule has 0 saturated heterocycles. The van der Waals surface area contributed by atoms with E-state index in [0.717, 1.165) is 9.87 Å². The fraction of sp³-hybridized carbons (Fsp3) is 0.188. The Kier molecular flexibility index (Phi) is 8.85. The second kappa shape index (κ2) is 12.2. The van der Waals surface area contributed by atoms with Crippen LogP contribution in [0.15, 0.2) is 102 Å². The lowest BCUT2D eigenvalue weighted by atomic mass is 9.86. The number of hydrogen-bond donors (Lipinski definition) is 1. The highest BCUT2D eigenvalue weighted by Crippen LogP contribution is 2.32. The molecule has 7 nitrogen and oxygen atoms in total. The number of carbonyl (C=O) groups is 2. The average molecular weight is 591 g/mol. The molecule has 41 heavy (non-hydrogen) atoms. The molecule has 0 aliphatic rings. The number of amides is 1. The van der Waals surface area contributed by atoms with Crippen LogP contribution < -0.4 is 14.4 Å². The SMILES string of the molecule is COc1ccc(N(CC(=O)Nc2cccc(C(=O)c3ccc(C(C)(C)C)cc3)c2)S(=O)(=O)c2ccccc2)cc1Cl. The number of benzene rings is 4. The summed E-state index contributed by atoms with van der Waals surface area (Å²) in [7, 11) is -2.68. The molecule has 4 aromatic rings. The Morgan fingerprint density at radius 1 is 0.854 bits per heavy atom. The van der Waals surface area contributed by atoms with Gasteiger partial charge in [-0.3, -0.25) is 13.9 Å². The van der Waals surface area contributed by atoms with E-state index in [4.69, 9.17) is 16.3 Å². The lowest BCUT2D eigenvalue weighted by Crippen LogP contribution is -2.38. The van der Waals surface area contributed by atoms with E-state index in [1.54, 1.807) is 54.6 Å². The minimum absolute atomic E-state index is 0.0183. The number of nitrogens with zero attached hydrogens (tertiary/aromatic N) is 1. The predicted octanol–water partition coefficient (Wildman–Crippen LogP) is 6.71. The number of sulfonamides is 1. The Balaban J connectivity index is 1.58. The number of ether oxygens (including phenoxy) is 1. The van der Waals surface area contributed by atoms with Crippen LogP contribution in [-0.2, 0) is 20.2 Å². The largest absolute Gasteiger partial charge is 0.495 e. The molecule has 4 rings (SSSR count). The van der Waals surface area contributed by atoms with Gasteiger partial charge in [0.05, 0.1) is 22.7 Å². The van der Waals surface area contributed by atoms with Crippen molar-refractivity contribution in [3.63, 3.8) is 0 Å². The molecule has 0 saturated carbocycles. The molecule has 0 fully saturated rings. The molecule has 0 aliphatic carbocycles. The summed E-state index contributed by atoms with van der Waals surface area (Å²) in [5.41, 5.74) is 2.54. The normalized spacial score (nSPS) is 11.5. The zero-order valence-corrected chi connectivity index (χ0v) is 24.8. The summed E-state index contributed by atoms with van der Waals surface area (Å²) < 4.78 is 33.4. The first kappa shape index (κ1) is 29.8. The molecule has 4 aromatic carbocycles. The monoisotopic (exact) mass is 590 g/mol. The molecule has 0 spiro atoms. The first-order chi connectivity index (χ1) is 19.4. The Hall–Kier alpha value is -4.14. The number of anilines is 2. The van der Waals surface area contributed by atoms with Gasteiger partial charge in [-0.2, -0.15) is 0 Å². The average Bonchev–Trinajstić information content (AvgIpc) is 2.95. The maximum atomic E-state index is 13.6. The second-order valence-corrected chi connectivity index (χ2v) is 12.7. The standard InChI is InChI=1S/C32H31ClN2O5S/c1-32(2,3)24-15-13-22(14-16-24)31(37)23-9-8-10-25(19-23)34-30(36)21-35(26-17-18-29(40-4)28(33)20-26)41(38,39)27-11-6-5-7-12-27/h5-20H,21H2,1-4H3,(H,34,36). The number of carbonyl (C=O) groups excluding carboxylic acids is 2. The Labute approximate surface area is 245 Å². The van der Waals surface area contributed by atoms with Gasteiger partial charge in [0.25, 0.3) is 10.0 Å². The molecule has 0 radical (unpaired) electrons. The molecule has 1 amide bonds. The van der Waals surface area contributed by atoms with E-state index in [2.05, 4.69) is 26.1 Å². The first-order valence-corrected chi connectivity index (χ1v) is 14.7. The number of nitrogens with one attached hydrogen (secondary N) is 1. The van der Waals surface area contributed by atoms with Gasteiger partial charge in [0.1, 0.15) is 12.3 Å². The van der Waals surface area contributed by atoms with Crippen molar-refractivity contribution in [2.75, 3.05) is 23.3 Å². The fourth-order valence-corrected chi connectivity index (χ4v) is 5.89. The highest BCUT2D eigenvalue weighted by molar-refractivity contribution is 7.92. The van der Waals surface area contributed by atoms with Crippen molar-refractivity contribution < 1.29 is 22.7 Å². The minimum atomic E-state index is -4.13. The van der Waals surface area contributed by atoms with E-state index < -0.39 is 22.5 Å². The Bertz CT molecular complexity index is 1660. The Morgan fingerprint density at radius 2 is 1.54 bits per heavy atom. The molecule has 0 atom stereocenters. The van der Waals surface area contributed by atoms with Gasteiger partial charge in [-0.1, -0.05) is 87.0 Å². The van der Waals surface area contributed by atoms with Crippen LogP contribution in [0.25, 0.3) is 0 Å². The van der Waals surface area contributed by atoms with Crippen LogP contribution in [-0.4, -0.2) is 33.8 Å².